The first kappa shape index (κ1) is 25.7. The molecule has 5 rings (SSSR count). The summed E-state index contributed by atoms with van der Waals surface area (Å²) >= 11 is 0. The molecule has 0 radical (unpaired) electrons. The number of carboxylic acids is 1. The van der Waals surface area contributed by atoms with Gasteiger partial charge in [-0.15, -0.1) is 0 Å². The number of aliphatic hydroxyl groups is 3. The lowest BCUT2D eigenvalue weighted by molar-refractivity contribution is -0.249. The number of carbonyl (C=O) groups is 1. The molecule has 5 heteroatoms. The predicted octanol–water partition coefficient (Wildman–Crippen LogP) is 5.18. The first-order valence-electron chi connectivity index (χ1n) is 14.0. The minimum Gasteiger partial charge on any atom is -0.481 e. The Morgan fingerprint density at radius 3 is 2.14 bits per heavy atom. The van der Waals surface area contributed by atoms with Crippen LogP contribution < -0.4 is 0 Å². The van der Waals surface area contributed by atoms with Crippen LogP contribution in [0.2, 0.25) is 0 Å². The van der Waals surface area contributed by atoms with E-state index in [0.717, 1.165) is 32.1 Å². The van der Waals surface area contributed by atoms with Crippen molar-refractivity contribution in [2.75, 3.05) is 0 Å². The average Bonchev–Trinajstić information content (AvgIpc) is 2.72. The van der Waals surface area contributed by atoms with E-state index in [0.29, 0.717) is 19.3 Å². The number of aliphatic hydroxyl groups excluding tert-OH is 3. The molecule has 198 valence electrons. The molecule has 3 unspecified atom stereocenters. The van der Waals surface area contributed by atoms with Gasteiger partial charge in [0.25, 0.3) is 0 Å². The molecule has 0 aromatic carbocycles. The third-order valence-corrected chi connectivity index (χ3v) is 13.2. The van der Waals surface area contributed by atoms with E-state index in [1.54, 1.807) is 0 Å². The standard InChI is InChI=1S/C30H48O5/c1-25(2)12-13-30(24(34)35)18(15-25)17-8-9-20-27(5,28(17,6)16-23(30)33)11-10-19-26(3,4)21(31)14-22(32)29(19,20)7/h8,18-23,31-33H,9-16H2,1-7H3,(H,34,35)/t18?,19?,20?,21-,22+,23+,27+,28+,29-,30+/m0/s1. The van der Waals surface area contributed by atoms with Crippen LogP contribution >= 0.6 is 0 Å². The molecule has 4 N–H and O–H groups in total. The van der Waals surface area contributed by atoms with Crippen molar-refractivity contribution in [1.82, 2.24) is 0 Å². The summed E-state index contributed by atoms with van der Waals surface area (Å²) in [6, 6.07) is 0. The SMILES string of the molecule is CC1(C)CC[C@@]2(C(=O)O)C(C1)C1=CCC3[C@]4(C)C(CC[C@@]3(C)[C@]1(C)C[C@H]2O)C(C)(C)[C@@H](O)C[C@H]4O. The van der Waals surface area contributed by atoms with Crippen molar-refractivity contribution in [3.63, 3.8) is 0 Å². The third kappa shape index (κ3) is 2.95. The second-order valence-corrected chi connectivity index (χ2v) is 15.2. The van der Waals surface area contributed by atoms with Crippen molar-refractivity contribution in [1.29, 1.82) is 0 Å². The normalized spacial score (nSPS) is 54.4. The van der Waals surface area contributed by atoms with Gasteiger partial charge in [0.2, 0.25) is 0 Å². The zero-order chi connectivity index (χ0) is 26.0. The first-order valence-corrected chi connectivity index (χ1v) is 14.0. The minimum atomic E-state index is -1.10. The van der Waals surface area contributed by atoms with Crippen molar-refractivity contribution in [3.8, 4) is 0 Å². The summed E-state index contributed by atoms with van der Waals surface area (Å²) in [5.41, 5.74) is -0.861. The van der Waals surface area contributed by atoms with Crippen LogP contribution in [0.15, 0.2) is 11.6 Å². The number of hydrogen-bond donors (Lipinski definition) is 4. The largest absolute Gasteiger partial charge is 0.481 e. The van der Waals surface area contributed by atoms with Gasteiger partial charge in [-0.1, -0.05) is 60.1 Å². The van der Waals surface area contributed by atoms with Gasteiger partial charge in [-0.2, -0.15) is 0 Å². The highest BCUT2D eigenvalue weighted by Gasteiger charge is 2.72. The van der Waals surface area contributed by atoms with Crippen LogP contribution in [0.5, 0.6) is 0 Å². The minimum absolute atomic E-state index is 0.0452. The summed E-state index contributed by atoms with van der Waals surface area (Å²) in [4.78, 5) is 12.8. The number of allylic oxidation sites excluding steroid dienone is 2. The number of hydrogen-bond acceptors (Lipinski definition) is 4. The van der Waals surface area contributed by atoms with Gasteiger partial charge in [0.1, 0.15) is 5.41 Å². The van der Waals surface area contributed by atoms with Gasteiger partial charge in [-0.25, -0.2) is 0 Å². The number of rotatable bonds is 1. The molecule has 0 aromatic rings. The Balaban J connectivity index is 1.65. The van der Waals surface area contributed by atoms with Crippen LogP contribution in [-0.2, 0) is 4.79 Å². The molecule has 5 nitrogen and oxygen atoms in total. The van der Waals surface area contributed by atoms with Gasteiger partial charge < -0.3 is 20.4 Å². The molecule has 0 bridgehead atoms. The van der Waals surface area contributed by atoms with E-state index in [4.69, 9.17) is 0 Å². The highest BCUT2D eigenvalue weighted by atomic mass is 16.4. The summed E-state index contributed by atoms with van der Waals surface area (Å²) in [6.45, 7) is 15.7. The fourth-order valence-electron chi connectivity index (χ4n) is 10.7. The van der Waals surface area contributed by atoms with E-state index in [9.17, 15) is 25.2 Å². The Bertz CT molecular complexity index is 952. The molecule has 4 saturated carbocycles. The molecule has 0 aliphatic heterocycles. The molecule has 0 spiro atoms. The predicted molar refractivity (Wildman–Crippen MR) is 135 cm³/mol. The second kappa shape index (κ2) is 7.35. The summed E-state index contributed by atoms with van der Waals surface area (Å²) in [5.74, 6) is -0.568. The highest BCUT2D eigenvalue weighted by Crippen LogP contribution is 2.75. The van der Waals surface area contributed by atoms with E-state index in [1.165, 1.54) is 5.57 Å². The maximum absolute atomic E-state index is 12.8. The van der Waals surface area contributed by atoms with Crippen LogP contribution in [0.1, 0.15) is 99.8 Å². The van der Waals surface area contributed by atoms with Gasteiger partial charge >= 0.3 is 5.97 Å². The molecular weight excluding hydrogens is 440 g/mol. The quantitative estimate of drug-likeness (QED) is 0.382. The zero-order valence-corrected chi connectivity index (χ0v) is 22.9. The first-order chi connectivity index (χ1) is 16.0. The third-order valence-electron chi connectivity index (χ3n) is 13.2. The Kier molecular flexibility index (Phi) is 5.40. The van der Waals surface area contributed by atoms with E-state index < -0.39 is 29.7 Å². The molecule has 0 saturated heterocycles. The summed E-state index contributed by atoms with van der Waals surface area (Å²) in [6.07, 6.45) is 6.14. The van der Waals surface area contributed by atoms with E-state index in [-0.39, 0.29) is 44.8 Å². The van der Waals surface area contributed by atoms with Crippen molar-refractivity contribution in [2.24, 2.45) is 50.2 Å². The molecule has 0 aromatic heterocycles. The molecular formula is C30H48O5. The lowest BCUT2D eigenvalue weighted by Gasteiger charge is -2.72. The number of aliphatic carboxylic acids is 1. The number of carboxylic acid groups (broad SMARTS) is 1. The smallest absolute Gasteiger partial charge is 0.312 e. The molecule has 0 amide bonds. The zero-order valence-electron chi connectivity index (χ0n) is 22.9. The topological polar surface area (TPSA) is 98.0 Å². The van der Waals surface area contributed by atoms with Crippen molar-refractivity contribution in [2.45, 2.75) is 118 Å². The van der Waals surface area contributed by atoms with Gasteiger partial charge in [-0.05, 0) is 84.4 Å². The molecule has 10 atom stereocenters. The van der Waals surface area contributed by atoms with Crippen LogP contribution in [0.4, 0.5) is 0 Å². The maximum Gasteiger partial charge on any atom is 0.312 e. The fraction of sp³-hybridized carbons (Fsp3) is 0.900. The van der Waals surface area contributed by atoms with Gasteiger partial charge in [0.05, 0.1) is 18.3 Å². The maximum atomic E-state index is 12.8. The summed E-state index contributed by atoms with van der Waals surface area (Å²) in [5, 5.41) is 44.6. The van der Waals surface area contributed by atoms with Crippen LogP contribution in [-0.4, -0.2) is 44.7 Å². The van der Waals surface area contributed by atoms with E-state index >= 15 is 0 Å². The van der Waals surface area contributed by atoms with Crippen molar-refractivity contribution >= 4 is 5.97 Å². The summed E-state index contributed by atoms with van der Waals surface area (Å²) < 4.78 is 0. The van der Waals surface area contributed by atoms with Gasteiger partial charge in [-0.3, -0.25) is 4.79 Å². The second-order valence-electron chi connectivity index (χ2n) is 15.2. The monoisotopic (exact) mass is 488 g/mol. The van der Waals surface area contributed by atoms with Crippen LogP contribution in [0, 0.1) is 50.2 Å². The molecule has 5 aliphatic rings. The lowest BCUT2D eigenvalue weighted by atomic mass is 9.33. The van der Waals surface area contributed by atoms with Crippen molar-refractivity contribution < 1.29 is 25.2 Å². The molecule has 35 heavy (non-hydrogen) atoms. The summed E-state index contributed by atoms with van der Waals surface area (Å²) in [7, 11) is 0. The van der Waals surface area contributed by atoms with Gasteiger partial charge in [0, 0.05) is 11.8 Å². The fourth-order valence-corrected chi connectivity index (χ4v) is 10.7. The van der Waals surface area contributed by atoms with E-state index in [2.05, 4.69) is 54.5 Å². The highest BCUT2D eigenvalue weighted by molar-refractivity contribution is 5.77. The Morgan fingerprint density at radius 2 is 1.51 bits per heavy atom. The average molecular weight is 489 g/mol. The lowest BCUT2D eigenvalue weighted by Crippen LogP contribution is -2.69. The van der Waals surface area contributed by atoms with E-state index in [1.807, 2.05) is 0 Å². The van der Waals surface area contributed by atoms with Gasteiger partial charge in [0.15, 0.2) is 0 Å². The molecule has 5 aliphatic carbocycles. The van der Waals surface area contributed by atoms with Crippen molar-refractivity contribution in [3.05, 3.63) is 11.6 Å². The van der Waals surface area contributed by atoms with Crippen LogP contribution in [0.3, 0.4) is 0 Å². The molecule has 0 heterocycles. The van der Waals surface area contributed by atoms with Crippen LogP contribution in [0.25, 0.3) is 0 Å². The Labute approximate surface area is 211 Å². The molecule has 4 fully saturated rings. The Morgan fingerprint density at radius 1 is 0.857 bits per heavy atom. The number of fused-ring (bicyclic) bond motifs is 7. The Hall–Kier alpha value is -0.910.